The first-order valence-electron chi connectivity index (χ1n) is 7.65. The van der Waals surface area contributed by atoms with Crippen LogP contribution in [0, 0.1) is 24.0 Å². The third-order valence-corrected chi connectivity index (χ3v) is 3.69. The van der Waals surface area contributed by atoms with Crippen LogP contribution in [-0.2, 0) is 4.79 Å². The Balaban J connectivity index is 1.90. The lowest BCUT2D eigenvalue weighted by atomic mass is 10.1. The molecule has 7 heteroatoms. The van der Waals surface area contributed by atoms with Gasteiger partial charge in [0.05, 0.1) is 10.6 Å². The normalized spacial score (nSPS) is 11.1. The number of carbonyl (C=O) groups excluding carboxylic acids is 1. The van der Waals surface area contributed by atoms with E-state index in [1.807, 2.05) is 26.0 Å². The average molecular weight is 341 g/mol. The summed E-state index contributed by atoms with van der Waals surface area (Å²) in [6.07, 6.45) is 0. The van der Waals surface area contributed by atoms with E-state index in [1.54, 1.807) is 25.1 Å². The Hall–Kier alpha value is -3.22. The maximum absolute atomic E-state index is 11.8. The van der Waals surface area contributed by atoms with Crippen LogP contribution in [0.4, 0.5) is 5.69 Å². The molecule has 0 aliphatic heterocycles. The van der Waals surface area contributed by atoms with Gasteiger partial charge in [-0.2, -0.15) is 5.10 Å². The van der Waals surface area contributed by atoms with E-state index in [9.17, 15) is 14.9 Å². The van der Waals surface area contributed by atoms with Gasteiger partial charge < -0.3 is 4.74 Å². The van der Waals surface area contributed by atoms with E-state index in [0.717, 1.165) is 11.1 Å². The number of nitrogens with one attached hydrogen (secondary N) is 1. The van der Waals surface area contributed by atoms with Gasteiger partial charge in [0.2, 0.25) is 0 Å². The summed E-state index contributed by atoms with van der Waals surface area (Å²) in [7, 11) is 0. The number of benzene rings is 2. The predicted octanol–water partition coefficient (Wildman–Crippen LogP) is 3.13. The molecule has 0 aliphatic rings. The number of aryl methyl sites for hydroxylation is 2. The summed E-state index contributed by atoms with van der Waals surface area (Å²) in [5, 5.41) is 14.6. The molecule has 0 spiro atoms. The zero-order chi connectivity index (χ0) is 18.4. The van der Waals surface area contributed by atoms with Crippen molar-refractivity contribution < 1.29 is 14.5 Å². The summed E-state index contributed by atoms with van der Waals surface area (Å²) >= 11 is 0. The molecule has 0 bridgehead atoms. The second-order valence-corrected chi connectivity index (χ2v) is 5.57. The molecule has 2 aromatic carbocycles. The summed E-state index contributed by atoms with van der Waals surface area (Å²) in [5.74, 6) is 0.230. The van der Waals surface area contributed by atoms with Gasteiger partial charge in [-0.15, -0.1) is 0 Å². The second kappa shape index (κ2) is 8.05. The van der Waals surface area contributed by atoms with Gasteiger partial charge in [-0.05, 0) is 61.7 Å². The number of carbonyl (C=O) groups is 1. The molecule has 7 nitrogen and oxygen atoms in total. The number of non-ortho nitro benzene ring substituents is 1. The van der Waals surface area contributed by atoms with Crippen LogP contribution in [0.3, 0.4) is 0 Å². The smallest absolute Gasteiger partial charge is 0.277 e. The Morgan fingerprint density at radius 3 is 2.44 bits per heavy atom. The highest BCUT2D eigenvalue weighted by molar-refractivity contribution is 5.99. The molecule has 1 amide bonds. The SMILES string of the molecule is CC(=NNC(=O)COc1ccc(C)c(C)c1)c1ccc([N+](=O)[O-])cc1. The highest BCUT2D eigenvalue weighted by Gasteiger charge is 2.07. The minimum absolute atomic E-state index is 0.00220. The molecule has 2 rings (SSSR count). The number of nitrogens with zero attached hydrogens (tertiary/aromatic N) is 2. The average Bonchev–Trinajstić information content (AvgIpc) is 2.60. The molecule has 1 N–H and O–H groups in total. The van der Waals surface area contributed by atoms with Crippen LogP contribution in [0.1, 0.15) is 23.6 Å². The summed E-state index contributed by atoms with van der Waals surface area (Å²) in [4.78, 5) is 22.0. The highest BCUT2D eigenvalue weighted by atomic mass is 16.6. The van der Waals surface area contributed by atoms with Crippen LogP contribution >= 0.6 is 0 Å². The number of ether oxygens (including phenoxy) is 1. The molecule has 0 aliphatic carbocycles. The van der Waals surface area contributed by atoms with Crippen LogP contribution in [0.5, 0.6) is 5.75 Å². The molecule has 0 saturated carbocycles. The second-order valence-electron chi connectivity index (χ2n) is 5.57. The zero-order valence-corrected chi connectivity index (χ0v) is 14.3. The van der Waals surface area contributed by atoms with Crippen LogP contribution in [0.25, 0.3) is 0 Å². The van der Waals surface area contributed by atoms with E-state index < -0.39 is 4.92 Å². The van der Waals surface area contributed by atoms with Gasteiger partial charge >= 0.3 is 0 Å². The maximum atomic E-state index is 11.8. The molecule has 0 heterocycles. The summed E-state index contributed by atoms with van der Waals surface area (Å²) < 4.78 is 5.43. The van der Waals surface area contributed by atoms with Crippen molar-refractivity contribution in [1.82, 2.24) is 5.43 Å². The monoisotopic (exact) mass is 341 g/mol. The lowest BCUT2D eigenvalue weighted by Crippen LogP contribution is -2.25. The van der Waals surface area contributed by atoms with Crippen molar-refractivity contribution in [2.75, 3.05) is 6.61 Å². The number of rotatable bonds is 6. The van der Waals surface area contributed by atoms with Crippen LogP contribution in [-0.4, -0.2) is 23.1 Å². The Bertz CT molecular complexity index is 814. The molecule has 130 valence electrons. The van der Waals surface area contributed by atoms with Crippen LogP contribution < -0.4 is 10.2 Å². The Morgan fingerprint density at radius 1 is 1.16 bits per heavy atom. The Kier molecular flexibility index (Phi) is 5.84. The fraction of sp³-hybridized carbons (Fsp3) is 0.222. The first-order valence-corrected chi connectivity index (χ1v) is 7.65. The third-order valence-electron chi connectivity index (χ3n) is 3.69. The van der Waals surface area contributed by atoms with Gasteiger partial charge in [0.1, 0.15) is 5.75 Å². The van der Waals surface area contributed by atoms with Crippen molar-refractivity contribution in [3.05, 3.63) is 69.3 Å². The fourth-order valence-electron chi connectivity index (χ4n) is 2.02. The largest absolute Gasteiger partial charge is 0.484 e. The number of amides is 1. The molecule has 0 radical (unpaired) electrons. The van der Waals surface area contributed by atoms with Crippen molar-refractivity contribution in [1.29, 1.82) is 0 Å². The molecular weight excluding hydrogens is 322 g/mol. The third kappa shape index (κ3) is 5.13. The summed E-state index contributed by atoms with van der Waals surface area (Å²) in [5.41, 5.74) is 5.87. The van der Waals surface area contributed by atoms with E-state index in [4.69, 9.17) is 4.74 Å². The highest BCUT2D eigenvalue weighted by Crippen LogP contribution is 2.16. The lowest BCUT2D eigenvalue weighted by molar-refractivity contribution is -0.384. The molecule has 0 unspecified atom stereocenters. The Labute approximate surface area is 145 Å². The molecule has 0 fully saturated rings. The first-order chi connectivity index (χ1) is 11.9. The number of hydrazone groups is 1. The van der Waals surface area contributed by atoms with E-state index in [0.29, 0.717) is 17.0 Å². The zero-order valence-electron chi connectivity index (χ0n) is 14.3. The van der Waals surface area contributed by atoms with E-state index >= 15 is 0 Å². The molecular formula is C18H19N3O4. The van der Waals surface area contributed by atoms with Gasteiger partial charge in [0, 0.05) is 12.1 Å². The molecule has 2 aromatic rings. The molecule has 0 saturated heterocycles. The maximum Gasteiger partial charge on any atom is 0.277 e. The van der Waals surface area contributed by atoms with Crippen molar-refractivity contribution in [3.8, 4) is 5.75 Å². The minimum Gasteiger partial charge on any atom is -0.484 e. The van der Waals surface area contributed by atoms with Gasteiger partial charge in [0.25, 0.3) is 11.6 Å². The number of nitro groups is 1. The van der Waals surface area contributed by atoms with Gasteiger partial charge in [-0.3, -0.25) is 14.9 Å². The van der Waals surface area contributed by atoms with Crippen molar-refractivity contribution in [2.24, 2.45) is 5.10 Å². The topological polar surface area (TPSA) is 93.8 Å². The number of nitro benzene ring substituents is 1. The Morgan fingerprint density at radius 2 is 1.84 bits per heavy atom. The first kappa shape index (κ1) is 18.1. The van der Waals surface area contributed by atoms with Gasteiger partial charge in [0.15, 0.2) is 6.61 Å². The molecule has 0 aromatic heterocycles. The van der Waals surface area contributed by atoms with Crippen molar-refractivity contribution in [2.45, 2.75) is 20.8 Å². The van der Waals surface area contributed by atoms with Gasteiger partial charge in [-0.1, -0.05) is 6.07 Å². The standard InChI is InChI=1S/C18H19N3O4/c1-12-4-9-17(10-13(12)2)25-11-18(22)20-19-14(3)15-5-7-16(8-6-15)21(23)24/h4-10H,11H2,1-3H3,(H,20,22). The van der Waals surface area contributed by atoms with Crippen molar-refractivity contribution >= 4 is 17.3 Å². The quantitative estimate of drug-likeness (QED) is 0.496. The molecule has 0 atom stereocenters. The lowest BCUT2D eigenvalue weighted by Gasteiger charge is -2.08. The number of hydrogen-bond acceptors (Lipinski definition) is 5. The predicted molar refractivity (Wildman–Crippen MR) is 94.9 cm³/mol. The van der Waals surface area contributed by atoms with Crippen LogP contribution in [0.2, 0.25) is 0 Å². The number of hydrogen-bond donors (Lipinski definition) is 1. The fourth-order valence-corrected chi connectivity index (χ4v) is 2.02. The minimum atomic E-state index is -0.470. The van der Waals surface area contributed by atoms with Crippen LogP contribution in [0.15, 0.2) is 47.6 Å². The van der Waals surface area contributed by atoms with E-state index in [-0.39, 0.29) is 18.2 Å². The van der Waals surface area contributed by atoms with Crippen molar-refractivity contribution in [3.63, 3.8) is 0 Å². The summed E-state index contributed by atoms with van der Waals surface area (Å²) in [6, 6.07) is 11.5. The molecule has 25 heavy (non-hydrogen) atoms. The summed E-state index contributed by atoms with van der Waals surface area (Å²) in [6.45, 7) is 5.52. The van der Waals surface area contributed by atoms with Gasteiger partial charge in [-0.25, -0.2) is 5.43 Å². The van der Waals surface area contributed by atoms with E-state index in [1.165, 1.54) is 12.1 Å². The van der Waals surface area contributed by atoms with E-state index in [2.05, 4.69) is 10.5 Å².